The Morgan fingerprint density at radius 3 is 1.76 bits per heavy atom. The number of hydrogen-bond acceptors (Lipinski definition) is 4. The first kappa shape index (κ1) is 14.6. The third kappa shape index (κ3) is 2.52. The summed E-state index contributed by atoms with van der Waals surface area (Å²) in [6, 6.07) is -5.05. The van der Waals surface area contributed by atoms with Gasteiger partial charge in [-0.05, 0) is 7.05 Å². The van der Waals surface area contributed by atoms with Crippen molar-refractivity contribution in [2.45, 2.75) is 11.3 Å². The molecule has 0 aliphatic carbocycles. The van der Waals surface area contributed by atoms with Gasteiger partial charge in [-0.25, -0.2) is 4.90 Å². The summed E-state index contributed by atoms with van der Waals surface area (Å²) in [6.45, 7) is -0.792. The van der Waals surface area contributed by atoms with E-state index in [1.165, 1.54) is 0 Å². The zero-order valence-corrected chi connectivity index (χ0v) is 9.65. The molecule has 0 N–H and O–H groups in total. The molecule has 1 saturated heterocycles. The van der Waals surface area contributed by atoms with E-state index in [4.69, 9.17) is 0 Å². The van der Waals surface area contributed by atoms with Crippen LogP contribution in [-0.2, 0) is 10.2 Å². The van der Waals surface area contributed by atoms with Crippen LogP contribution in [0.1, 0.15) is 0 Å². The van der Waals surface area contributed by atoms with Gasteiger partial charge in [-0.2, -0.15) is 26.0 Å². The second-order valence-electron chi connectivity index (χ2n) is 3.79. The Hall–Kier alpha value is -0.480. The molecule has 0 aromatic heterocycles. The standard InChI is InChI=1S/C7H11F5N2O2S/c1-13-2-4-14(5-3-13)6(8,9)7(10,11)17(12,15)16/h2-5H2,1H3. The minimum absolute atomic E-state index is 0.0237. The summed E-state index contributed by atoms with van der Waals surface area (Å²) >= 11 is 0. The van der Waals surface area contributed by atoms with Gasteiger partial charge in [-0.1, -0.05) is 3.89 Å². The molecule has 0 atom stereocenters. The molecule has 1 aliphatic rings. The van der Waals surface area contributed by atoms with Crippen molar-refractivity contribution < 1.29 is 29.9 Å². The summed E-state index contributed by atoms with van der Waals surface area (Å²) in [5, 5.41) is -5.74. The third-order valence-corrected chi connectivity index (χ3v) is 3.41. The summed E-state index contributed by atoms with van der Waals surface area (Å²) in [4.78, 5) is 1.58. The minimum Gasteiger partial charge on any atom is -0.304 e. The Labute approximate surface area is 95.2 Å². The maximum atomic E-state index is 13.2. The summed E-state index contributed by atoms with van der Waals surface area (Å²) < 4.78 is 84.5. The van der Waals surface area contributed by atoms with Crippen LogP contribution in [0.5, 0.6) is 0 Å². The fourth-order valence-electron chi connectivity index (χ4n) is 1.42. The zero-order chi connectivity index (χ0) is 13.5. The number of alkyl halides is 4. The van der Waals surface area contributed by atoms with E-state index in [0.29, 0.717) is 0 Å². The first-order valence-electron chi connectivity index (χ1n) is 4.63. The molecule has 0 aromatic carbocycles. The molecule has 10 heteroatoms. The molecular weight excluding hydrogens is 271 g/mol. The van der Waals surface area contributed by atoms with E-state index in [1.807, 2.05) is 0 Å². The number of piperazine rings is 1. The highest BCUT2D eigenvalue weighted by atomic mass is 32.3. The van der Waals surface area contributed by atoms with Crippen LogP contribution in [-0.4, -0.2) is 62.7 Å². The van der Waals surface area contributed by atoms with Crippen LogP contribution in [0.4, 0.5) is 21.4 Å². The SMILES string of the molecule is CN1CCN(C(F)(F)C(F)(F)S(=O)(=O)F)CC1. The Balaban J connectivity index is 2.95. The van der Waals surface area contributed by atoms with Crippen LogP contribution >= 0.6 is 0 Å². The molecule has 0 radical (unpaired) electrons. The van der Waals surface area contributed by atoms with E-state index in [1.54, 1.807) is 11.9 Å². The van der Waals surface area contributed by atoms with Crippen molar-refractivity contribution in [1.29, 1.82) is 0 Å². The average Bonchev–Trinajstić information content (AvgIpc) is 2.16. The van der Waals surface area contributed by atoms with E-state index in [9.17, 15) is 29.9 Å². The number of halogens is 5. The number of rotatable bonds is 3. The topological polar surface area (TPSA) is 40.6 Å². The summed E-state index contributed by atoms with van der Waals surface area (Å²) in [6.07, 6.45) is 0. The van der Waals surface area contributed by atoms with Crippen LogP contribution in [0.15, 0.2) is 0 Å². The maximum absolute atomic E-state index is 13.2. The lowest BCUT2D eigenvalue weighted by Gasteiger charge is -2.38. The van der Waals surface area contributed by atoms with Crippen LogP contribution in [0.25, 0.3) is 0 Å². The highest BCUT2D eigenvalue weighted by Gasteiger charge is 2.69. The Morgan fingerprint density at radius 2 is 1.41 bits per heavy atom. The zero-order valence-electron chi connectivity index (χ0n) is 8.84. The molecule has 1 aliphatic heterocycles. The van der Waals surface area contributed by atoms with Gasteiger partial charge in [0.25, 0.3) is 0 Å². The molecule has 0 amide bonds. The van der Waals surface area contributed by atoms with Crippen molar-refractivity contribution in [3.05, 3.63) is 0 Å². The fraction of sp³-hybridized carbons (Fsp3) is 1.00. The predicted octanol–water partition coefficient (Wildman–Crippen LogP) is 0.719. The van der Waals surface area contributed by atoms with Gasteiger partial charge in [0.1, 0.15) is 0 Å². The van der Waals surface area contributed by atoms with E-state index in [0.717, 1.165) is 0 Å². The maximum Gasteiger partial charge on any atom is 0.451 e. The van der Waals surface area contributed by atoms with E-state index >= 15 is 0 Å². The van der Waals surface area contributed by atoms with Gasteiger partial charge in [-0.3, -0.25) is 0 Å². The van der Waals surface area contributed by atoms with E-state index < -0.39 is 34.6 Å². The molecule has 1 rings (SSSR count). The van der Waals surface area contributed by atoms with Gasteiger partial charge in [-0.15, -0.1) is 0 Å². The lowest BCUT2D eigenvalue weighted by Crippen LogP contribution is -2.61. The van der Waals surface area contributed by atoms with Crippen molar-refractivity contribution in [1.82, 2.24) is 9.80 Å². The third-order valence-electron chi connectivity index (χ3n) is 2.56. The van der Waals surface area contributed by atoms with Crippen LogP contribution < -0.4 is 0 Å². The first-order chi connectivity index (χ1) is 7.50. The molecule has 0 unspecified atom stereocenters. The predicted molar refractivity (Wildman–Crippen MR) is 49.0 cm³/mol. The van der Waals surface area contributed by atoms with Crippen molar-refractivity contribution >= 4 is 10.2 Å². The van der Waals surface area contributed by atoms with Crippen molar-refractivity contribution in [2.75, 3.05) is 33.2 Å². The Bertz CT molecular complexity index is 378. The number of nitrogens with zero attached hydrogens (tertiary/aromatic N) is 2. The highest BCUT2D eigenvalue weighted by molar-refractivity contribution is 7.87. The molecule has 0 saturated carbocycles. The number of likely N-dealkylation sites (N-methyl/N-ethyl adjacent to an activating group) is 1. The van der Waals surface area contributed by atoms with Gasteiger partial charge in [0.15, 0.2) is 0 Å². The van der Waals surface area contributed by atoms with Gasteiger partial charge in [0.2, 0.25) is 0 Å². The van der Waals surface area contributed by atoms with Gasteiger partial charge >= 0.3 is 21.5 Å². The number of hydrogen-bond donors (Lipinski definition) is 0. The molecule has 1 fully saturated rings. The van der Waals surface area contributed by atoms with Crippen LogP contribution in [0.2, 0.25) is 0 Å². The van der Waals surface area contributed by atoms with Gasteiger partial charge in [0.05, 0.1) is 0 Å². The van der Waals surface area contributed by atoms with Crippen LogP contribution in [0.3, 0.4) is 0 Å². The normalized spacial score (nSPS) is 21.8. The van der Waals surface area contributed by atoms with E-state index in [2.05, 4.69) is 0 Å². The van der Waals surface area contributed by atoms with Gasteiger partial charge < -0.3 is 4.90 Å². The van der Waals surface area contributed by atoms with Crippen molar-refractivity contribution in [3.8, 4) is 0 Å². The first-order valence-corrected chi connectivity index (χ1v) is 6.02. The second kappa shape index (κ2) is 4.32. The lowest BCUT2D eigenvalue weighted by molar-refractivity contribution is -0.254. The molecule has 4 nitrogen and oxygen atoms in total. The van der Waals surface area contributed by atoms with E-state index in [-0.39, 0.29) is 18.0 Å². The van der Waals surface area contributed by atoms with Crippen LogP contribution in [0, 0.1) is 0 Å². The molecule has 0 bridgehead atoms. The van der Waals surface area contributed by atoms with Gasteiger partial charge in [0, 0.05) is 26.2 Å². The highest BCUT2D eigenvalue weighted by Crippen LogP contribution is 2.42. The molecule has 0 aromatic rings. The largest absolute Gasteiger partial charge is 0.451 e. The average molecular weight is 282 g/mol. The smallest absolute Gasteiger partial charge is 0.304 e. The van der Waals surface area contributed by atoms with Crippen molar-refractivity contribution in [2.24, 2.45) is 0 Å². The lowest BCUT2D eigenvalue weighted by atomic mass is 10.3. The Kier molecular flexibility index (Phi) is 3.71. The second-order valence-corrected chi connectivity index (χ2v) is 5.17. The molecule has 1 heterocycles. The Morgan fingerprint density at radius 1 is 1.00 bits per heavy atom. The molecule has 17 heavy (non-hydrogen) atoms. The molecular formula is C7H11F5N2O2S. The minimum atomic E-state index is -6.66. The summed E-state index contributed by atoms with van der Waals surface area (Å²) in [5.74, 6) is 0. The molecule has 102 valence electrons. The quantitative estimate of drug-likeness (QED) is 0.434. The monoisotopic (exact) mass is 282 g/mol. The summed E-state index contributed by atoms with van der Waals surface area (Å²) in [5.41, 5.74) is 0. The van der Waals surface area contributed by atoms with Crippen molar-refractivity contribution in [3.63, 3.8) is 0 Å². The molecule has 0 spiro atoms. The fourth-order valence-corrected chi connectivity index (χ4v) is 1.84. The summed E-state index contributed by atoms with van der Waals surface area (Å²) in [7, 11) is -5.06.